The Bertz CT molecular complexity index is 1040. The summed E-state index contributed by atoms with van der Waals surface area (Å²) in [5.74, 6) is 0. The molecule has 1 heterocycles. The summed E-state index contributed by atoms with van der Waals surface area (Å²) in [6.45, 7) is 9.04. The second kappa shape index (κ2) is 10.1. The van der Waals surface area contributed by atoms with Gasteiger partial charge in [-0.2, -0.15) is 13.2 Å². The third-order valence-corrected chi connectivity index (χ3v) is 6.78. The summed E-state index contributed by atoms with van der Waals surface area (Å²) in [7, 11) is 3.95. The molecule has 0 aliphatic carbocycles. The van der Waals surface area contributed by atoms with Crippen LogP contribution in [0.2, 0.25) is 5.02 Å². The normalized spacial score (nSPS) is 17.7. The molecule has 0 spiro atoms. The second-order valence-corrected chi connectivity index (χ2v) is 11.6. The molecule has 1 saturated heterocycles. The highest BCUT2D eigenvalue weighted by Crippen LogP contribution is 2.37. The van der Waals surface area contributed by atoms with E-state index in [2.05, 4.69) is 38.3 Å². The van der Waals surface area contributed by atoms with Crippen LogP contribution in [-0.2, 0) is 12.7 Å². The smallest absolute Gasteiger partial charge is 0.378 e. The number of thiocarbonyl (C=S) groups is 1. The lowest BCUT2D eigenvalue weighted by molar-refractivity contribution is -0.136. The van der Waals surface area contributed by atoms with Gasteiger partial charge >= 0.3 is 6.18 Å². The number of hydrogen-bond donors (Lipinski definition) is 2. The Morgan fingerprint density at radius 1 is 1.06 bits per heavy atom. The fourth-order valence-electron chi connectivity index (χ4n) is 5.00. The van der Waals surface area contributed by atoms with Gasteiger partial charge in [0.15, 0.2) is 5.11 Å². The zero-order valence-corrected chi connectivity index (χ0v) is 22.6. The van der Waals surface area contributed by atoms with Gasteiger partial charge in [0.05, 0.1) is 11.3 Å². The van der Waals surface area contributed by atoms with E-state index in [1.54, 1.807) is 0 Å². The number of piperidine rings is 1. The molecule has 4 nitrogen and oxygen atoms in total. The highest BCUT2D eigenvalue weighted by atomic mass is 35.5. The van der Waals surface area contributed by atoms with Crippen LogP contribution >= 0.6 is 23.8 Å². The van der Waals surface area contributed by atoms with E-state index in [4.69, 9.17) is 23.8 Å². The van der Waals surface area contributed by atoms with Crippen molar-refractivity contribution in [2.75, 3.05) is 24.3 Å². The lowest BCUT2D eigenvalue weighted by atomic mass is 9.79. The van der Waals surface area contributed by atoms with Gasteiger partial charge in [0.1, 0.15) is 0 Å². The Hall–Kier alpha value is -2.03. The minimum atomic E-state index is -4.56. The van der Waals surface area contributed by atoms with Crippen LogP contribution < -0.4 is 15.5 Å². The maximum Gasteiger partial charge on any atom is 0.418 e. The molecule has 2 N–H and O–H groups in total. The van der Waals surface area contributed by atoms with E-state index in [0.717, 1.165) is 30.2 Å². The zero-order chi connectivity index (χ0) is 26.2. The fraction of sp³-hybridized carbons (Fsp3) is 0.500. The van der Waals surface area contributed by atoms with Crippen molar-refractivity contribution in [1.82, 2.24) is 10.2 Å². The van der Waals surface area contributed by atoms with E-state index < -0.39 is 11.7 Å². The Kier molecular flexibility index (Phi) is 7.99. The molecule has 1 fully saturated rings. The molecule has 1 aliphatic rings. The topological polar surface area (TPSA) is 30.5 Å². The van der Waals surface area contributed by atoms with E-state index in [1.165, 1.54) is 12.1 Å². The molecule has 1 aliphatic heterocycles. The molecule has 0 unspecified atom stereocenters. The van der Waals surface area contributed by atoms with Gasteiger partial charge in [-0.05, 0) is 88.6 Å². The van der Waals surface area contributed by atoms with Gasteiger partial charge < -0.3 is 20.4 Å². The number of nitrogens with zero attached hydrogens (tertiary/aromatic N) is 2. The van der Waals surface area contributed by atoms with Crippen LogP contribution in [0.15, 0.2) is 42.5 Å². The monoisotopic (exact) mass is 526 g/mol. The summed E-state index contributed by atoms with van der Waals surface area (Å²) < 4.78 is 41.2. The van der Waals surface area contributed by atoms with Crippen molar-refractivity contribution in [3.63, 3.8) is 0 Å². The first-order chi connectivity index (χ1) is 16.1. The average Bonchev–Trinajstić information content (AvgIpc) is 2.70. The molecular formula is C26H34ClF3N4S. The number of anilines is 2. The summed E-state index contributed by atoms with van der Waals surface area (Å²) in [4.78, 5) is 4.05. The molecule has 9 heteroatoms. The Balaban J connectivity index is 1.96. The zero-order valence-electron chi connectivity index (χ0n) is 21.1. The molecule has 2 aromatic carbocycles. The minimum absolute atomic E-state index is 0.0217. The maximum atomic E-state index is 13.7. The van der Waals surface area contributed by atoms with Gasteiger partial charge in [0.2, 0.25) is 0 Å². The lowest BCUT2D eigenvalue weighted by Gasteiger charge is -2.50. The quantitative estimate of drug-likeness (QED) is 0.412. The SMILES string of the molecule is CN(C)c1ccc(CN(C(=S)Nc2ccc(Cl)cc2C(F)(F)F)C2CC(C)(C)NC(C)(C)C2)cc1. The standard InChI is InChI=1S/C26H34ClF3N4S/c1-24(2)14-20(15-25(3,4)32-24)34(16-17-7-10-19(11-8-17)33(5)6)23(35)31-22-12-9-18(27)13-21(22)26(28,29)30/h7-13,20,32H,14-16H2,1-6H3,(H,31,35). The van der Waals surface area contributed by atoms with Gasteiger partial charge in [-0.25, -0.2) is 0 Å². The Morgan fingerprint density at radius 2 is 1.63 bits per heavy atom. The number of rotatable bonds is 5. The molecule has 192 valence electrons. The molecule has 3 rings (SSSR count). The van der Waals surface area contributed by atoms with Crippen molar-refractivity contribution in [3.05, 3.63) is 58.6 Å². The molecule has 0 radical (unpaired) electrons. The highest BCUT2D eigenvalue weighted by Gasteiger charge is 2.41. The lowest BCUT2D eigenvalue weighted by Crippen LogP contribution is -2.63. The summed E-state index contributed by atoms with van der Waals surface area (Å²) >= 11 is 11.6. The van der Waals surface area contributed by atoms with E-state index >= 15 is 0 Å². The first-order valence-corrected chi connectivity index (χ1v) is 12.3. The van der Waals surface area contributed by atoms with Crippen molar-refractivity contribution in [1.29, 1.82) is 0 Å². The first kappa shape index (κ1) is 27.6. The first-order valence-electron chi connectivity index (χ1n) is 11.6. The van der Waals surface area contributed by atoms with Crippen LogP contribution in [0.3, 0.4) is 0 Å². The minimum Gasteiger partial charge on any atom is -0.378 e. The molecule has 2 aromatic rings. The van der Waals surface area contributed by atoms with Gasteiger partial charge in [0, 0.05) is 48.5 Å². The molecule has 0 amide bonds. The fourth-order valence-corrected chi connectivity index (χ4v) is 5.49. The van der Waals surface area contributed by atoms with Crippen molar-refractivity contribution in [2.24, 2.45) is 0 Å². The van der Waals surface area contributed by atoms with Crippen molar-refractivity contribution < 1.29 is 13.2 Å². The van der Waals surface area contributed by atoms with Gasteiger partial charge in [-0.1, -0.05) is 23.7 Å². The molecule has 35 heavy (non-hydrogen) atoms. The number of alkyl halides is 3. The molecule has 0 aromatic heterocycles. The van der Waals surface area contributed by atoms with E-state index in [-0.39, 0.29) is 32.9 Å². The van der Waals surface area contributed by atoms with Crippen LogP contribution in [0.1, 0.15) is 51.7 Å². The largest absolute Gasteiger partial charge is 0.418 e. The van der Waals surface area contributed by atoms with Crippen molar-refractivity contribution >= 4 is 40.3 Å². The average molecular weight is 527 g/mol. The van der Waals surface area contributed by atoms with Gasteiger partial charge in [-0.3, -0.25) is 0 Å². The predicted octanol–water partition coefficient (Wildman–Crippen LogP) is 6.93. The third-order valence-electron chi connectivity index (χ3n) is 6.20. The molecule has 0 saturated carbocycles. The number of benzene rings is 2. The highest BCUT2D eigenvalue weighted by molar-refractivity contribution is 7.80. The molecule has 0 bridgehead atoms. The number of halogens is 4. The van der Waals surface area contributed by atoms with Crippen LogP contribution in [0.25, 0.3) is 0 Å². The van der Waals surface area contributed by atoms with Crippen LogP contribution in [0.5, 0.6) is 0 Å². The Labute approximate surface area is 216 Å². The van der Waals surface area contributed by atoms with Gasteiger partial charge in [-0.15, -0.1) is 0 Å². The Morgan fingerprint density at radius 3 is 2.14 bits per heavy atom. The van der Waals surface area contributed by atoms with Crippen molar-refractivity contribution in [3.8, 4) is 0 Å². The number of nitrogens with one attached hydrogen (secondary N) is 2. The van der Waals surface area contributed by atoms with Crippen LogP contribution in [-0.4, -0.2) is 41.2 Å². The number of hydrogen-bond acceptors (Lipinski definition) is 3. The molecular weight excluding hydrogens is 493 g/mol. The van der Waals surface area contributed by atoms with Crippen LogP contribution in [0.4, 0.5) is 24.5 Å². The van der Waals surface area contributed by atoms with Crippen LogP contribution in [0, 0.1) is 0 Å². The maximum absolute atomic E-state index is 13.7. The van der Waals surface area contributed by atoms with E-state index in [0.29, 0.717) is 6.54 Å². The summed E-state index contributed by atoms with van der Waals surface area (Å²) in [6.07, 6.45) is -2.98. The summed E-state index contributed by atoms with van der Waals surface area (Å²) in [5, 5.41) is 6.84. The second-order valence-electron chi connectivity index (χ2n) is 10.8. The van der Waals surface area contributed by atoms with E-state index in [1.807, 2.05) is 48.2 Å². The van der Waals surface area contributed by atoms with Crippen molar-refractivity contribution in [2.45, 2.75) is 70.4 Å². The summed E-state index contributed by atoms with van der Waals surface area (Å²) in [5.41, 5.74) is 0.835. The molecule has 0 atom stereocenters. The predicted molar refractivity (Wildman–Crippen MR) is 143 cm³/mol. The van der Waals surface area contributed by atoms with E-state index in [9.17, 15) is 13.2 Å². The third kappa shape index (κ3) is 7.24. The van der Waals surface area contributed by atoms with Gasteiger partial charge in [0.25, 0.3) is 0 Å². The summed E-state index contributed by atoms with van der Waals surface area (Å²) in [6, 6.07) is 11.8.